The lowest BCUT2D eigenvalue weighted by Gasteiger charge is -1.90. The standard InChI is InChI=1S/C7H7N3S.C2H6/c8-4-2-1-3-5-6(4)10-7(9)11-5;1-2/h1-3H,8H2,(H2,9,10);1-2H3. The number of rotatable bonds is 0. The molecule has 13 heavy (non-hydrogen) atoms. The van der Waals surface area contributed by atoms with Gasteiger partial charge < -0.3 is 11.5 Å². The molecule has 0 aliphatic heterocycles. The summed E-state index contributed by atoms with van der Waals surface area (Å²) >= 11 is 1.45. The van der Waals surface area contributed by atoms with Gasteiger partial charge in [-0.3, -0.25) is 0 Å². The number of anilines is 2. The first kappa shape index (κ1) is 9.80. The van der Waals surface area contributed by atoms with E-state index in [2.05, 4.69) is 4.98 Å². The predicted molar refractivity (Wildman–Crippen MR) is 59.8 cm³/mol. The molecule has 0 radical (unpaired) electrons. The summed E-state index contributed by atoms with van der Waals surface area (Å²) in [4.78, 5) is 4.08. The second kappa shape index (κ2) is 4.09. The van der Waals surface area contributed by atoms with E-state index in [1.807, 2.05) is 32.0 Å². The predicted octanol–water partition coefficient (Wildman–Crippen LogP) is 2.49. The minimum Gasteiger partial charge on any atom is -0.397 e. The van der Waals surface area contributed by atoms with Gasteiger partial charge in [0.15, 0.2) is 5.13 Å². The van der Waals surface area contributed by atoms with Gasteiger partial charge in [-0.2, -0.15) is 0 Å². The Bertz CT molecular complexity index is 395. The summed E-state index contributed by atoms with van der Waals surface area (Å²) in [5.74, 6) is 0. The Morgan fingerprint density at radius 1 is 1.23 bits per heavy atom. The van der Waals surface area contributed by atoms with Crippen molar-refractivity contribution in [3.8, 4) is 0 Å². The Balaban J connectivity index is 0.000000396. The second-order valence-electron chi connectivity index (χ2n) is 2.25. The zero-order valence-electron chi connectivity index (χ0n) is 7.74. The third-order valence-corrected chi connectivity index (χ3v) is 2.32. The number of aromatic nitrogens is 1. The van der Waals surface area contributed by atoms with Gasteiger partial charge in [-0.25, -0.2) is 4.98 Å². The van der Waals surface area contributed by atoms with Crippen molar-refractivity contribution in [2.24, 2.45) is 0 Å². The van der Waals surface area contributed by atoms with E-state index in [1.165, 1.54) is 11.3 Å². The van der Waals surface area contributed by atoms with Crippen LogP contribution in [-0.2, 0) is 0 Å². The number of fused-ring (bicyclic) bond motifs is 1. The molecule has 0 unspecified atom stereocenters. The highest BCUT2D eigenvalue weighted by molar-refractivity contribution is 7.22. The van der Waals surface area contributed by atoms with Crippen LogP contribution >= 0.6 is 11.3 Å². The molecule has 4 heteroatoms. The summed E-state index contributed by atoms with van der Waals surface area (Å²) in [6, 6.07) is 5.68. The SMILES string of the molecule is CC.Nc1nc2c(N)cccc2s1. The Kier molecular flexibility index (Phi) is 3.08. The van der Waals surface area contributed by atoms with Crippen LogP contribution in [0.4, 0.5) is 10.8 Å². The number of para-hydroxylation sites is 1. The maximum absolute atomic E-state index is 5.66. The van der Waals surface area contributed by atoms with E-state index >= 15 is 0 Å². The van der Waals surface area contributed by atoms with Crippen LogP contribution in [0.3, 0.4) is 0 Å². The fraction of sp³-hybridized carbons (Fsp3) is 0.222. The average molecular weight is 195 g/mol. The van der Waals surface area contributed by atoms with Crippen LogP contribution in [0.25, 0.3) is 10.2 Å². The van der Waals surface area contributed by atoms with Crippen LogP contribution in [0.2, 0.25) is 0 Å². The molecule has 0 spiro atoms. The lowest BCUT2D eigenvalue weighted by Crippen LogP contribution is -1.86. The lowest BCUT2D eigenvalue weighted by atomic mass is 10.3. The van der Waals surface area contributed by atoms with Gasteiger partial charge in [0.05, 0.1) is 10.4 Å². The quantitative estimate of drug-likeness (QED) is 0.635. The fourth-order valence-corrected chi connectivity index (χ4v) is 1.76. The molecular formula is C9H13N3S. The topological polar surface area (TPSA) is 64.9 Å². The third kappa shape index (κ3) is 1.89. The highest BCUT2D eigenvalue weighted by Gasteiger charge is 2.01. The molecule has 0 amide bonds. The second-order valence-corrected chi connectivity index (χ2v) is 3.31. The molecule has 0 saturated heterocycles. The molecule has 1 aromatic heterocycles. The molecule has 3 nitrogen and oxygen atoms in total. The maximum atomic E-state index is 5.66. The van der Waals surface area contributed by atoms with Crippen LogP contribution in [0.15, 0.2) is 18.2 Å². The fourth-order valence-electron chi connectivity index (χ4n) is 0.987. The van der Waals surface area contributed by atoms with Crippen molar-refractivity contribution in [3.05, 3.63) is 18.2 Å². The summed E-state index contributed by atoms with van der Waals surface area (Å²) in [6.07, 6.45) is 0. The monoisotopic (exact) mass is 195 g/mol. The van der Waals surface area contributed by atoms with E-state index in [0.717, 1.165) is 10.2 Å². The third-order valence-electron chi connectivity index (χ3n) is 1.47. The number of hydrogen-bond acceptors (Lipinski definition) is 4. The molecule has 0 atom stereocenters. The van der Waals surface area contributed by atoms with Gasteiger partial charge in [-0.1, -0.05) is 31.3 Å². The Labute approximate surface area is 81.4 Å². The molecule has 0 fully saturated rings. The molecule has 2 rings (SSSR count). The summed E-state index contributed by atoms with van der Waals surface area (Å²) in [5.41, 5.74) is 12.7. The minimum absolute atomic E-state index is 0.568. The highest BCUT2D eigenvalue weighted by Crippen LogP contribution is 2.27. The first-order chi connectivity index (χ1) is 6.27. The van der Waals surface area contributed by atoms with Crippen molar-refractivity contribution in [1.29, 1.82) is 0 Å². The van der Waals surface area contributed by atoms with E-state index in [-0.39, 0.29) is 0 Å². The van der Waals surface area contributed by atoms with Crippen LogP contribution in [0.5, 0.6) is 0 Å². The van der Waals surface area contributed by atoms with E-state index < -0.39 is 0 Å². The van der Waals surface area contributed by atoms with Crippen LogP contribution in [0, 0.1) is 0 Å². The van der Waals surface area contributed by atoms with Crippen molar-refractivity contribution in [3.63, 3.8) is 0 Å². The molecule has 0 bridgehead atoms. The first-order valence-corrected chi connectivity index (χ1v) is 4.99. The Morgan fingerprint density at radius 2 is 1.92 bits per heavy atom. The van der Waals surface area contributed by atoms with Crippen LogP contribution < -0.4 is 11.5 Å². The lowest BCUT2D eigenvalue weighted by molar-refractivity contribution is 1.50. The van der Waals surface area contributed by atoms with Crippen LogP contribution in [0.1, 0.15) is 13.8 Å². The number of nitrogens with two attached hydrogens (primary N) is 2. The van der Waals surface area contributed by atoms with Crippen molar-refractivity contribution in [2.45, 2.75) is 13.8 Å². The van der Waals surface area contributed by atoms with Crippen LogP contribution in [-0.4, -0.2) is 4.98 Å². The number of thiazole rings is 1. The van der Waals surface area contributed by atoms with E-state index in [9.17, 15) is 0 Å². The minimum atomic E-state index is 0.568. The molecule has 1 aromatic carbocycles. The molecule has 2 aromatic rings. The highest BCUT2D eigenvalue weighted by atomic mass is 32.1. The molecule has 4 N–H and O–H groups in total. The maximum Gasteiger partial charge on any atom is 0.181 e. The number of hydrogen-bond donors (Lipinski definition) is 2. The molecule has 70 valence electrons. The van der Waals surface area contributed by atoms with E-state index in [1.54, 1.807) is 0 Å². The molecule has 0 saturated carbocycles. The van der Waals surface area contributed by atoms with Gasteiger partial charge in [-0.05, 0) is 12.1 Å². The van der Waals surface area contributed by atoms with Gasteiger partial charge in [0.2, 0.25) is 0 Å². The number of benzene rings is 1. The van der Waals surface area contributed by atoms with Gasteiger partial charge in [0.1, 0.15) is 5.52 Å². The number of nitrogen functional groups attached to an aromatic ring is 2. The smallest absolute Gasteiger partial charge is 0.181 e. The zero-order chi connectivity index (χ0) is 9.84. The normalized spacial score (nSPS) is 9.38. The Morgan fingerprint density at radius 3 is 2.54 bits per heavy atom. The summed E-state index contributed by atoms with van der Waals surface area (Å²) < 4.78 is 1.04. The van der Waals surface area contributed by atoms with E-state index in [0.29, 0.717) is 10.8 Å². The zero-order valence-corrected chi connectivity index (χ0v) is 8.56. The van der Waals surface area contributed by atoms with Crippen molar-refractivity contribution < 1.29 is 0 Å². The van der Waals surface area contributed by atoms with Crippen molar-refractivity contribution >= 4 is 32.4 Å². The largest absolute Gasteiger partial charge is 0.397 e. The Hall–Kier alpha value is -1.29. The van der Waals surface area contributed by atoms with Gasteiger partial charge >= 0.3 is 0 Å². The van der Waals surface area contributed by atoms with Gasteiger partial charge in [-0.15, -0.1) is 0 Å². The molecule has 0 aliphatic carbocycles. The van der Waals surface area contributed by atoms with Crippen molar-refractivity contribution in [2.75, 3.05) is 11.5 Å². The summed E-state index contributed by atoms with van der Waals surface area (Å²) in [5, 5.41) is 0.568. The number of nitrogens with zero attached hydrogens (tertiary/aromatic N) is 1. The van der Waals surface area contributed by atoms with Crippen molar-refractivity contribution in [1.82, 2.24) is 4.98 Å². The average Bonchev–Trinajstić information content (AvgIpc) is 2.51. The summed E-state index contributed by atoms with van der Waals surface area (Å²) in [6.45, 7) is 4.00. The first-order valence-electron chi connectivity index (χ1n) is 4.18. The molecule has 1 heterocycles. The van der Waals surface area contributed by atoms with Gasteiger partial charge in [0.25, 0.3) is 0 Å². The molecular weight excluding hydrogens is 182 g/mol. The molecule has 0 aliphatic rings. The van der Waals surface area contributed by atoms with Gasteiger partial charge in [0, 0.05) is 0 Å². The van der Waals surface area contributed by atoms with E-state index in [4.69, 9.17) is 11.5 Å². The summed E-state index contributed by atoms with van der Waals surface area (Å²) in [7, 11) is 0.